The molecular weight excluding hydrogens is 288 g/mol. The van der Waals surface area contributed by atoms with Gasteiger partial charge < -0.3 is 5.32 Å². The molecule has 2 rings (SSSR count). The number of rotatable bonds is 5. The zero-order chi connectivity index (χ0) is 11.4. The molecule has 1 atom stereocenters. The molecule has 0 aliphatic carbocycles. The van der Waals surface area contributed by atoms with Gasteiger partial charge in [-0.25, -0.2) is 0 Å². The fraction of sp³-hybridized carbons (Fsp3) is 0.400. The molecule has 2 N–H and O–H groups in total. The quantitative estimate of drug-likeness (QED) is 0.893. The summed E-state index contributed by atoms with van der Waals surface area (Å²) in [6.07, 6.45) is 2.86. The second-order valence-electron chi connectivity index (χ2n) is 3.41. The standard InChI is InChI=1S/C10H13BrN4S/c1-2-4-12-9(8-6-13-15-14-8)10-7(11)3-5-16-10/h3,5-6,9,12H,2,4H2,1H3,(H,13,14,15). The maximum Gasteiger partial charge on any atom is 0.105 e. The maximum absolute atomic E-state index is 4.15. The molecule has 2 aromatic rings. The molecule has 2 aromatic heterocycles. The number of aromatic amines is 1. The summed E-state index contributed by atoms with van der Waals surface area (Å²) >= 11 is 5.27. The average molecular weight is 301 g/mol. The van der Waals surface area contributed by atoms with E-state index in [0.717, 1.165) is 23.1 Å². The Balaban J connectivity index is 2.25. The van der Waals surface area contributed by atoms with Gasteiger partial charge in [0, 0.05) is 9.35 Å². The van der Waals surface area contributed by atoms with Crippen LogP contribution in [0.15, 0.2) is 22.1 Å². The molecule has 16 heavy (non-hydrogen) atoms. The summed E-state index contributed by atoms with van der Waals surface area (Å²) in [6.45, 7) is 3.11. The SMILES string of the molecule is CCCNC(c1cn[nH]n1)c1sccc1Br. The lowest BCUT2D eigenvalue weighted by molar-refractivity contribution is 0.591. The summed E-state index contributed by atoms with van der Waals surface area (Å²) in [5.41, 5.74) is 0.927. The minimum Gasteiger partial charge on any atom is -0.304 e. The van der Waals surface area contributed by atoms with E-state index < -0.39 is 0 Å². The van der Waals surface area contributed by atoms with E-state index in [2.05, 4.69) is 55.0 Å². The zero-order valence-electron chi connectivity index (χ0n) is 8.90. The van der Waals surface area contributed by atoms with E-state index in [1.165, 1.54) is 4.88 Å². The third kappa shape index (κ3) is 2.50. The lowest BCUT2D eigenvalue weighted by atomic mass is 10.2. The monoisotopic (exact) mass is 300 g/mol. The van der Waals surface area contributed by atoms with Crippen LogP contribution in [0.1, 0.15) is 30.0 Å². The fourth-order valence-corrected chi connectivity index (χ4v) is 3.17. The van der Waals surface area contributed by atoms with E-state index in [1.54, 1.807) is 17.5 Å². The van der Waals surface area contributed by atoms with Gasteiger partial charge in [0.1, 0.15) is 5.69 Å². The van der Waals surface area contributed by atoms with Crippen LogP contribution >= 0.6 is 27.3 Å². The van der Waals surface area contributed by atoms with Crippen molar-refractivity contribution in [1.29, 1.82) is 0 Å². The van der Waals surface area contributed by atoms with Gasteiger partial charge in [-0.05, 0) is 40.3 Å². The molecule has 0 saturated carbocycles. The molecule has 0 saturated heterocycles. The first-order valence-corrected chi connectivity index (χ1v) is 6.82. The second-order valence-corrected chi connectivity index (χ2v) is 5.22. The predicted octanol–water partition coefficient (Wildman–Crippen LogP) is 2.72. The van der Waals surface area contributed by atoms with Crippen LogP contribution in [-0.2, 0) is 0 Å². The third-order valence-corrected chi connectivity index (χ3v) is 4.17. The molecule has 0 fully saturated rings. The van der Waals surface area contributed by atoms with Crippen molar-refractivity contribution in [3.63, 3.8) is 0 Å². The molecule has 0 spiro atoms. The summed E-state index contributed by atoms with van der Waals surface area (Å²) in [5, 5.41) is 16.2. The highest BCUT2D eigenvalue weighted by molar-refractivity contribution is 9.10. The molecule has 1 unspecified atom stereocenters. The molecule has 4 nitrogen and oxygen atoms in total. The Morgan fingerprint density at radius 1 is 1.62 bits per heavy atom. The van der Waals surface area contributed by atoms with Crippen molar-refractivity contribution >= 4 is 27.3 Å². The summed E-state index contributed by atoms with van der Waals surface area (Å²) in [7, 11) is 0. The van der Waals surface area contributed by atoms with E-state index in [4.69, 9.17) is 0 Å². The molecule has 0 amide bonds. The topological polar surface area (TPSA) is 53.6 Å². The first-order valence-electron chi connectivity index (χ1n) is 5.15. The summed E-state index contributed by atoms with van der Waals surface area (Å²) < 4.78 is 1.12. The van der Waals surface area contributed by atoms with Gasteiger partial charge in [0.2, 0.25) is 0 Å². The Labute approximate surface area is 107 Å². The van der Waals surface area contributed by atoms with Crippen molar-refractivity contribution in [2.24, 2.45) is 0 Å². The Morgan fingerprint density at radius 2 is 2.50 bits per heavy atom. The van der Waals surface area contributed by atoms with Gasteiger partial charge in [-0.15, -0.1) is 11.3 Å². The first kappa shape index (κ1) is 11.8. The van der Waals surface area contributed by atoms with Crippen molar-refractivity contribution in [2.45, 2.75) is 19.4 Å². The lowest BCUT2D eigenvalue weighted by Gasteiger charge is -2.14. The maximum atomic E-state index is 4.15. The van der Waals surface area contributed by atoms with Crippen LogP contribution in [0.4, 0.5) is 0 Å². The highest BCUT2D eigenvalue weighted by Crippen LogP contribution is 2.31. The van der Waals surface area contributed by atoms with Gasteiger partial charge in [0.25, 0.3) is 0 Å². The molecular formula is C10H13BrN4S. The lowest BCUT2D eigenvalue weighted by Crippen LogP contribution is -2.23. The van der Waals surface area contributed by atoms with E-state index in [-0.39, 0.29) is 6.04 Å². The van der Waals surface area contributed by atoms with Crippen LogP contribution in [-0.4, -0.2) is 22.0 Å². The molecule has 86 valence electrons. The molecule has 2 heterocycles. The Morgan fingerprint density at radius 3 is 3.06 bits per heavy atom. The van der Waals surface area contributed by atoms with E-state index >= 15 is 0 Å². The average Bonchev–Trinajstić information content (AvgIpc) is 2.91. The van der Waals surface area contributed by atoms with Crippen LogP contribution in [0.25, 0.3) is 0 Å². The number of hydrogen-bond acceptors (Lipinski definition) is 4. The van der Waals surface area contributed by atoms with Crippen molar-refractivity contribution < 1.29 is 0 Å². The number of H-pyrrole nitrogens is 1. The fourth-order valence-electron chi connectivity index (χ4n) is 1.48. The van der Waals surface area contributed by atoms with Crippen molar-refractivity contribution in [2.75, 3.05) is 6.54 Å². The van der Waals surface area contributed by atoms with Crippen molar-refractivity contribution in [3.8, 4) is 0 Å². The van der Waals surface area contributed by atoms with Crippen LogP contribution in [0, 0.1) is 0 Å². The van der Waals surface area contributed by atoms with Crippen molar-refractivity contribution in [1.82, 2.24) is 20.7 Å². The number of hydrogen-bond donors (Lipinski definition) is 2. The Hall–Kier alpha value is -0.720. The molecule has 0 aliphatic heterocycles. The second kappa shape index (κ2) is 5.56. The van der Waals surface area contributed by atoms with Gasteiger partial charge in [-0.2, -0.15) is 15.4 Å². The number of thiophene rings is 1. The van der Waals surface area contributed by atoms with Gasteiger partial charge in [0.05, 0.1) is 12.2 Å². The summed E-state index contributed by atoms with van der Waals surface area (Å²) in [4.78, 5) is 1.24. The number of nitrogens with one attached hydrogen (secondary N) is 2. The predicted molar refractivity (Wildman–Crippen MR) is 68.5 cm³/mol. The van der Waals surface area contributed by atoms with E-state index in [0.29, 0.717) is 0 Å². The number of nitrogens with zero attached hydrogens (tertiary/aromatic N) is 2. The number of aromatic nitrogens is 3. The zero-order valence-corrected chi connectivity index (χ0v) is 11.3. The van der Waals surface area contributed by atoms with Gasteiger partial charge in [-0.3, -0.25) is 0 Å². The molecule has 0 radical (unpaired) electrons. The van der Waals surface area contributed by atoms with Crippen molar-refractivity contribution in [3.05, 3.63) is 32.7 Å². The highest BCUT2D eigenvalue weighted by atomic mass is 79.9. The molecule has 0 aromatic carbocycles. The molecule has 0 bridgehead atoms. The van der Waals surface area contributed by atoms with Crippen LogP contribution in [0.5, 0.6) is 0 Å². The minimum atomic E-state index is 0.119. The Kier molecular flexibility index (Phi) is 4.09. The van der Waals surface area contributed by atoms with Gasteiger partial charge in [-0.1, -0.05) is 6.92 Å². The number of halogens is 1. The summed E-state index contributed by atoms with van der Waals surface area (Å²) in [5.74, 6) is 0. The Bertz CT molecular complexity index is 426. The van der Waals surface area contributed by atoms with Crippen LogP contribution in [0.3, 0.4) is 0 Å². The van der Waals surface area contributed by atoms with Gasteiger partial charge >= 0.3 is 0 Å². The first-order chi connectivity index (χ1) is 7.83. The molecule has 6 heteroatoms. The third-order valence-electron chi connectivity index (χ3n) is 2.23. The van der Waals surface area contributed by atoms with Gasteiger partial charge in [0.15, 0.2) is 0 Å². The van der Waals surface area contributed by atoms with E-state index in [9.17, 15) is 0 Å². The smallest absolute Gasteiger partial charge is 0.105 e. The minimum absolute atomic E-state index is 0.119. The molecule has 0 aliphatic rings. The van der Waals surface area contributed by atoms with Crippen LogP contribution < -0.4 is 5.32 Å². The summed E-state index contributed by atoms with van der Waals surface area (Å²) in [6, 6.07) is 2.17. The normalized spacial score (nSPS) is 12.9. The highest BCUT2D eigenvalue weighted by Gasteiger charge is 2.19. The van der Waals surface area contributed by atoms with E-state index in [1.807, 2.05) is 0 Å². The van der Waals surface area contributed by atoms with Crippen LogP contribution in [0.2, 0.25) is 0 Å². The largest absolute Gasteiger partial charge is 0.304 e.